The van der Waals surface area contributed by atoms with E-state index in [1.54, 1.807) is 11.3 Å². The second-order valence-corrected chi connectivity index (χ2v) is 17.6. The van der Waals surface area contributed by atoms with Crippen molar-refractivity contribution >= 4 is 64.2 Å². The van der Waals surface area contributed by atoms with Crippen molar-refractivity contribution in [2.75, 3.05) is 0 Å². The molecule has 2 aliphatic rings. The molecule has 4 heteroatoms. The third-order valence-corrected chi connectivity index (χ3v) is 14.1. The van der Waals surface area contributed by atoms with Gasteiger partial charge < -0.3 is 0 Å². The van der Waals surface area contributed by atoms with Crippen molar-refractivity contribution < 1.29 is 0 Å². The fourth-order valence-corrected chi connectivity index (χ4v) is 10.9. The number of hydrogen-bond acceptors (Lipinski definition) is 4. The average Bonchev–Trinajstić information content (AvgIpc) is 3.72. The molecule has 2 aliphatic carbocycles. The molecule has 0 spiro atoms. The summed E-state index contributed by atoms with van der Waals surface area (Å²) in [6.45, 7) is 2.36. The summed E-state index contributed by atoms with van der Waals surface area (Å²) in [6, 6.07) is 63.0. The Kier molecular flexibility index (Phi) is 8.55. The van der Waals surface area contributed by atoms with Gasteiger partial charge in [0.15, 0.2) is 17.5 Å². The number of nitrogens with zero attached hydrogens (tertiary/aromatic N) is 3. The fourth-order valence-electron chi connectivity index (χ4n) is 9.73. The van der Waals surface area contributed by atoms with Gasteiger partial charge in [0.25, 0.3) is 0 Å². The molecule has 0 fully saturated rings. The maximum atomic E-state index is 5.47. The van der Waals surface area contributed by atoms with Crippen molar-refractivity contribution in [2.24, 2.45) is 11.3 Å². The zero-order valence-electron chi connectivity index (χ0n) is 34.0. The molecule has 0 saturated carbocycles. The molecule has 0 N–H and O–H groups in total. The Morgan fingerprint density at radius 2 is 1.05 bits per heavy atom. The molecule has 8 aromatic carbocycles. The van der Waals surface area contributed by atoms with E-state index < -0.39 is 0 Å². The molecule has 12 rings (SSSR count). The van der Waals surface area contributed by atoms with Gasteiger partial charge in [-0.3, -0.25) is 0 Å². The van der Waals surface area contributed by atoms with Crippen LogP contribution in [0.1, 0.15) is 18.3 Å². The number of fused-ring (bicyclic) bond motifs is 6. The molecule has 3 nitrogen and oxygen atoms in total. The predicted molar refractivity (Wildman–Crippen MR) is 262 cm³/mol. The van der Waals surface area contributed by atoms with Crippen molar-refractivity contribution in [2.45, 2.75) is 6.92 Å². The maximum Gasteiger partial charge on any atom is 0.165 e. The first-order valence-corrected chi connectivity index (χ1v) is 22.0. The molecule has 0 amide bonds. The van der Waals surface area contributed by atoms with Gasteiger partial charge in [-0.05, 0) is 73.1 Å². The maximum absolute atomic E-state index is 5.47. The SMILES string of the molecule is CC12C=CC=CC1C(c1nc(-c3cccc4ccc(-c5ccc(-c6ccccc6)cc5)cc34)nc(-c3cccc4c3sc3ccccc34)n1)=CC=C2c1cccc2ccccc12. The Bertz CT molecular complexity index is 3530. The Balaban J connectivity index is 1.06. The molecule has 10 aromatic rings. The number of rotatable bonds is 6. The highest BCUT2D eigenvalue weighted by molar-refractivity contribution is 7.26. The van der Waals surface area contributed by atoms with Crippen LogP contribution in [-0.4, -0.2) is 15.0 Å². The third kappa shape index (κ3) is 5.98. The number of aromatic nitrogens is 3. The van der Waals surface area contributed by atoms with E-state index >= 15 is 0 Å². The lowest BCUT2D eigenvalue weighted by molar-refractivity contribution is 0.482. The van der Waals surface area contributed by atoms with Crippen molar-refractivity contribution in [1.82, 2.24) is 15.0 Å². The van der Waals surface area contributed by atoms with Crippen molar-refractivity contribution in [3.8, 4) is 45.0 Å². The van der Waals surface area contributed by atoms with Gasteiger partial charge in [0, 0.05) is 48.2 Å². The summed E-state index contributed by atoms with van der Waals surface area (Å²) in [6.07, 6.45) is 13.6. The highest BCUT2D eigenvalue weighted by Crippen LogP contribution is 2.54. The molecule has 2 atom stereocenters. The third-order valence-electron chi connectivity index (χ3n) is 12.9. The zero-order chi connectivity index (χ0) is 41.2. The van der Waals surface area contributed by atoms with Crippen molar-refractivity contribution in [1.29, 1.82) is 0 Å². The summed E-state index contributed by atoms with van der Waals surface area (Å²) in [5.41, 5.74) is 9.97. The highest BCUT2D eigenvalue weighted by atomic mass is 32.1. The quantitative estimate of drug-likeness (QED) is 0.168. The van der Waals surface area contributed by atoms with Gasteiger partial charge in [-0.25, -0.2) is 15.0 Å². The monoisotopic (exact) mass is 809 g/mol. The second-order valence-electron chi connectivity index (χ2n) is 16.5. The van der Waals surface area contributed by atoms with Gasteiger partial charge >= 0.3 is 0 Å². The van der Waals surface area contributed by atoms with E-state index in [1.807, 2.05) is 0 Å². The second kappa shape index (κ2) is 14.6. The average molecular weight is 810 g/mol. The van der Waals surface area contributed by atoms with E-state index in [4.69, 9.17) is 15.0 Å². The molecule has 62 heavy (non-hydrogen) atoms. The van der Waals surface area contributed by atoms with E-state index in [-0.39, 0.29) is 11.3 Å². The van der Waals surface area contributed by atoms with Gasteiger partial charge in [-0.1, -0.05) is 201 Å². The van der Waals surface area contributed by atoms with Crippen LogP contribution in [0.5, 0.6) is 0 Å². The van der Waals surface area contributed by atoms with Gasteiger partial charge in [0.2, 0.25) is 0 Å². The minimum atomic E-state index is -0.341. The smallest absolute Gasteiger partial charge is 0.165 e. The van der Waals surface area contributed by atoms with E-state index in [1.165, 1.54) is 53.2 Å². The molecule has 2 unspecified atom stereocenters. The lowest BCUT2D eigenvalue weighted by atomic mass is 9.62. The standard InChI is InChI=1S/C58H39N3S/c1-58-35-10-9-25-51(58)48(33-34-52(58)44-21-11-17-40-16-5-6-19-43(40)44)56-59-55(60-57(61-56)49-24-13-22-46-45-20-7-8-26-53(45)62-54(46)49)47-23-12-18-41-31-32-42(36-50(41)47)39-29-27-38(28-30-39)37-14-3-2-4-15-37/h2-36,51H,1H3. The van der Waals surface area contributed by atoms with E-state index in [9.17, 15) is 0 Å². The van der Waals surface area contributed by atoms with Crippen LogP contribution in [0.2, 0.25) is 0 Å². The minimum absolute atomic E-state index is 0.00679. The Morgan fingerprint density at radius 3 is 1.89 bits per heavy atom. The Labute approximate surface area is 364 Å². The first-order valence-electron chi connectivity index (χ1n) is 21.2. The molecule has 2 heterocycles. The molecule has 2 aromatic heterocycles. The van der Waals surface area contributed by atoms with E-state index in [0.717, 1.165) is 38.6 Å². The summed E-state index contributed by atoms with van der Waals surface area (Å²) in [5, 5.41) is 7.19. The van der Waals surface area contributed by atoms with Crippen LogP contribution in [0.4, 0.5) is 0 Å². The van der Waals surface area contributed by atoms with Crippen molar-refractivity contribution in [3.63, 3.8) is 0 Å². The van der Waals surface area contributed by atoms with Crippen LogP contribution in [0, 0.1) is 11.3 Å². The number of allylic oxidation sites excluding steroid dienone is 8. The molecule has 0 saturated heterocycles. The lowest BCUT2D eigenvalue weighted by Gasteiger charge is -2.41. The summed E-state index contributed by atoms with van der Waals surface area (Å²) < 4.78 is 2.43. The first kappa shape index (κ1) is 36.3. The summed E-state index contributed by atoms with van der Waals surface area (Å²) in [5.74, 6) is 2.02. The van der Waals surface area contributed by atoms with Crippen molar-refractivity contribution in [3.05, 3.63) is 224 Å². The van der Waals surface area contributed by atoms with Gasteiger partial charge in [0.1, 0.15) is 0 Å². The van der Waals surface area contributed by atoms with E-state index in [0.29, 0.717) is 17.5 Å². The topological polar surface area (TPSA) is 38.7 Å². The summed E-state index contributed by atoms with van der Waals surface area (Å²) >= 11 is 1.80. The minimum Gasteiger partial charge on any atom is -0.208 e. The van der Waals surface area contributed by atoms with Crippen LogP contribution >= 0.6 is 11.3 Å². The normalized spacial score (nSPS) is 17.1. The molecule has 0 radical (unpaired) electrons. The number of benzene rings is 8. The lowest BCUT2D eigenvalue weighted by Crippen LogP contribution is -2.31. The largest absolute Gasteiger partial charge is 0.208 e. The zero-order valence-corrected chi connectivity index (χ0v) is 34.9. The summed E-state index contributed by atoms with van der Waals surface area (Å²) in [7, 11) is 0. The number of thiophene rings is 1. The Morgan fingerprint density at radius 1 is 0.452 bits per heavy atom. The molecule has 0 aliphatic heterocycles. The molecular weight excluding hydrogens is 771 g/mol. The van der Waals surface area contributed by atoms with Gasteiger partial charge in [-0.15, -0.1) is 11.3 Å². The first-order chi connectivity index (χ1) is 30.6. The van der Waals surface area contributed by atoms with Gasteiger partial charge in [0.05, 0.1) is 0 Å². The van der Waals surface area contributed by atoms with Crippen LogP contribution < -0.4 is 0 Å². The van der Waals surface area contributed by atoms with E-state index in [2.05, 4.69) is 219 Å². The van der Waals surface area contributed by atoms with Crippen LogP contribution in [-0.2, 0) is 0 Å². The molecule has 292 valence electrons. The molecular formula is C58H39N3S. The predicted octanol–water partition coefficient (Wildman–Crippen LogP) is 15.4. The van der Waals surface area contributed by atoms with Crippen LogP contribution in [0.15, 0.2) is 212 Å². The highest BCUT2D eigenvalue weighted by Gasteiger charge is 2.41. The van der Waals surface area contributed by atoms with Crippen LogP contribution in [0.3, 0.4) is 0 Å². The molecule has 0 bridgehead atoms. The van der Waals surface area contributed by atoms with Gasteiger partial charge in [-0.2, -0.15) is 0 Å². The van der Waals surface area contributed by atoms with Crippen LogP contribution in [0.25, 0.3) is 97.9 Å². The Hall–Kier alpha value is -7.53. The summed E-state index contributed by atoms with van der Waals surface area (Å²) in [4.78, 5) is 16.3. The number of hydrogen-bond donors (Lipinski definition) is 0. The fraction of sp³-hybridized carbons (Fsp3) is 0.0517.